The van der Waals surface area contributed by atoms with Crippen LogP contribution in [0.3, 0.4) is 0 Å². The maximum atomic E-state index is 13.9. The number of anilines is 1. The molecule has 0 aromatic heterocycles. The molecule has 0 aliphatic carbocycles. The van der Waals surface area contributed by atoms with Crippen LogP contribution in [0.4, 0.5) is 5.69 Å². The zero-order valence-electron chi connectivity index (χ0n) is 25.1. The Morgan fingerprint density at radius 1 is 0.854 bits per heavy atom. The van der Waals surface area contributed by atoms with Crippen molar-refractivity contribution in [2.24, 2.45) is 0 Å². The first kappa shape index (κ1) is 31.9. The highest BCUT2D eigenvalue weighted by Gasteiger charge is 2.32. The number of hydrogen-bond acceptors (Lipinski definition) is 4. The quantitative estimate of drug-likeness (QED) is 0.312. The second-order valence-corrected chi connectivity index (χ2v) is 13.6. The normalized spacial score (nSPS) is 12.4. The number of sulfonamides is 1. The number of aryl methyl sites for hydroxylation is 2. The molecule has 1 atom stereocenters. The predicted octanol–water partition coefficient (Wildman–Crippen LogP) is 5.40. The standard InChI is InChI=1S/C33H43N3O4S/c1-25-17-19-28(20-18-25)24-35(30(32(38)34-33(3,4)5)23-27-13-8-7-9-14-27)31(37)16-11-21-36(41(6,39)40)29-15-10-12-26(2)22-29/h7-10,12-15,17-20,22,30H,11,16,21,23-24H2,1-6H3,(H,34,38). The molecule has 0 heterocycles. The van der Waals surface area contributed by atoms with Crippen LogP contribution in [-0.2, 0) is 32.6 Å². The van der Waals surface area contributed by atoms with Crippen LogP contribution in [0.25, 0.3) is 0 Å². The van der Waals surface area contributed by atoms with E-state index < -0.39 is 21.6 Å². The maximum absolute atomic E-state index is 13.9. The van der Waals surface area contributed by atoms with E-state index in [1.165, 1.54) is 10.6 Å². The summed E-state index contributed by atoms with van der Waals surface area (Å²) >= 11 is 0. The number of benzene rings is 3. The van der Waals surface area contributed by atoms with Gasteiger partial charge in [-0.1, -0.05) is 72.3 Å². The van der Waals surface area contributed by atoms with Crippen LogP contribution in [0.1, 0.15) is 55.9 Å². The minimum absolute atomic E-state index is 0.0950. The lowest BCUT2D eigenvalue weighted by Gasteiger charge is -2.34. The molecule has 41 heavy (non-hydrogen) atoms. The van der Waals surface area contributed by atoms with Crippen molar-refractivity contribution in [3.8, 4) is 0 Å². The van der Waals surface area contributed by atoms with Gasteiger partial charge in [-0.25, -0.2) is 8.42 Å². The molecule has 1 N–H and O–H groups in total. The van der Waals surface area contributed by atoms with Crippen LogP contribution in [0.5, 0.6) is 0 Å². The minimum atomic E-state index is -3.55. The first-order chi connectivity index (χ1) is 19.2. The molecule has 3 aromatic carbocycles. The van der Waals surface area contributed by atoms with Crippen molar-refractivity contribution in [1.29, 1.82) is 0 Å². The third kappa shape index (κ3) is 10.0. The van der Waals surface area contributed by atoms with Gasteiger partial charge < -0.3 is 10.2 Å². The smallest absolute Gasteiger partial charge is 0.243 e. The minimum Gasteiger partial charge on any atom is -0.350 e. The third-order valence-corrected chi connectivity index (χ3v) is 7.88. The van der Waals surface area contributed by atoms with Crippen molar-refractivity contribution in [2.75, 3.05) is 17.1 Å². The lowest BCUT2D eigenvalue weighted by molar-refractivity contribution is -0.142. The second kappa shape index (κ2) is 13.8. The van der Waals surface area contributed by atoms with Gasteiger partial charge in [0.1, 0.15) is 6.04 Å². The summed E-state index contributed by atoms with van der Waals surface area (Å²) in [6, 6.07) is 24.2. The monoisotopic (exact) mass is 577 g/mol. The van der Waals surface area contributed by atoms with E-state index in [-0.39, 0.29) is 31.3 Å². The first-order valence-corrected chi connectivity index (χ1v) is 15.8. The van der Waals surface area contributed by atoms with Gasteiger partial charge in [0, 0.05) is 31.5 Å². The Morgan fingerprint density at radius 2 is 1.51 bits per heavy atom. The van der Waals surface area contributed by atoms with E-state index in [2.05, 4.69) is 5.32 Å². The average molecular weight is 578 g/mol. The van der Waals surface area contributed by atoms with Crippen LogP contribution in [0, 0.1) is 13.8 Å². The number of nitrogens with one attached hydrogen (secondary N) is 1. The summed E-state index contributed by atoms with van der Waals surface area (Å²) in [4.78, 5) is 29.3. The van der Waals surface area contributed by atoms with E-state index in [1.807, 2.05) is 107 Å². The van der Waals surface area contributed by atoms with E-state index in [0.29, 0.717) is 18.5 Å². The number of nitrogens with zero attached hydrogens (tertiary/aromatic N) is 2. The largest absolute Gasteiger partial charge is 0.350 e. The van der Waals surface area contributed by atoms with Gasteiger partial charge in [-0.15, -0.1) is 0 Å². The zero-order valence-corrected chi connectivity index (χ0v) is 25.9. The Morgan fingerprint density at radius 3 is 2.10 bits per heavy atom. The lowest BCUT2D eigenvalue weighted by Crippen LogP contribution is -2.54. The molecular formula is C33H43N3O4S. The molecule has 220 valence electrons. The van der Waals surface area contributed by atoms with Gasteiger partial charge in [0.2, 0.25) is 21.8 Å². The number of carbonyl (C=O) groups is 2. The van der Waals surface area contributed by atoms with Crippen molar-refractivity contribution in [3.05, 3.63) is 101 Å². The number of amides is 2. The van der Waals surface area contributed by atoms with E-state index in [0.717, 1.165) is 22.3 Å². The molecule has 0 saturated heterocycles. The zero-order chi connectivity index (χ0) is 30.2. The van der Waals surface area contributed by atoms with Gasteiger partial charge in [-0.05, 0) is 69.9 Å². The summed E-state index contributed by atoms with van der Waals surface area (Å²) in [5, 5.41) is 3.07. The Hall–Kier alpha value is -3.65. The van der Waals surface area contributed by atoms with E-state index >= 15 is 0 Å². The van der Waals surface area contributed by atoms with Crippen molar-refractivity contribution >= 4 is 27.5 Å². The highest BCUT2D eigenvalue weighted by Crippen LogP contribution is 2.21. The molecule has 0 bridgehead atoms. The Balaban J connectivity index is 1.90. The topological polar surface area (TPSA) is 86.8 Å². The fourth-order valence-corrected chi connectivity index (χ4v) is 5.64. The summed E-state index contributed by atoms with van der Waals surface area (Å²) in [6.07, 6.45) is 1.94. The summed E-state index contributed by atoms with van der Waals surface area (Å²) in [5.74, 6) is -0.424. The molecule has 0 spiro atoms. The van der Waals surface area contributed by atoms with E-state index in [9.17, 15) is 18.0 Å². The molecular weight excluding hydrogens is 534 g/mol. The van der Waals surface area contributed by atoms with Crippen LogP contribution in [0.2, 0.25) is 0 Å². The lowest BCUT2D eigenvalue weighted by atomic mass is 10.00. The summed E-state index contributed by atoms with van der Waals surface area (Å²) in [7, 11) is -3.55. The fourth-order valence-electron chi connectivity index (χ4n) is 4.68. The fraction of sp³-hybridized carbons (Fsp3) is 0.394. The van der Waals surface area contributed by atoms with Crippen LogP contribution in [-0.4, -0.2) is 49.5 Å². The van der Waals surface area contributed by atoms with Crippen LogP contribution < -0.4 is 9.62 Å². The van der Waals surface area contributed by atoms with Gasteiger partial charge >= 0.3 is 0 Å². The third-order valence-electron chi connectivity index (χ3n) is 6.68. The van der Waals surface area contributed by atoms with E-state index in [4.69, 9.17) is 0 Å². The molecule has 0 saturated carbocycles. The second-order valence-electron chi connectivity index (χ2n) is 11.7. The first-order valence-electron chi connectivity index (χ1n) is 14.0. The SMILES string of the molecule is Cc1ccc(CN(C(=O)CCCN(c2cccc(C)c2)S(C)(=O)=O)C(Cc2ccccc2)C(=O)NC(C)(C)C)cc1. The van der Waals surface area contributed by atoms with Gasteiger partial charge in [0.15, 0.2) is 0 Å². The number of rotatable bonds is 12. The molecule has 0 radical (unpaired) electrons. The molecule has 7 nitrogen and oxygen atoms in total. The molecule has 1 unspecified atom stereocenters. The maximum Gasteiger partial charge on any atom is 0.243 e. The van der Waals surface area contributed by atoms with Gasteiger partial charge in [0.05, 0.1) is 11.9 Å². The van der Waals surface area contributed by atoms with Gasteiger partial charge in [-0.3, -0.25) is 13.9 Å². The molecule has 3 aromatic rings. The average Bonchev–Trinajstić information content (AvgIpc) is 2.88. The number of hydrogen-bond donors (Lipinski definition) is 1. The predicted molar refractivity (Wildman–Crippen MR) is 166 cm³/mol. The Kier molecular flexibility index (Phi) is 10.7. The Bertz CT molecular complexity index is 1410. The van der Waals surface area contributed by atoms with Crippen molar-refractivity contribution in [2.45, 2.75) is 72.0 Å². The van der Waals surface area contributed by atoms with Crippen molar-refractivity contribution < 1.29 is 18.0 Å². The van der Waals surface area contributed by atoms with Gasteiger partial charge in [0.25, 0.3) is 0 Å². The van der Waals surface area contributed by atoms with Crippen LogP contribution in [0.15, 0.2) is 78.9 Å². The Labute approximate surface area is 245 Å². The highest BCUT2D eigenvalue weighted by atomic mass is 32.2. The van der Waals surface area contributed by atoms with E-state index in [1.54, 1.807) is 11.0 Å². The molecule has 0 aliphatic heterocycles. The highest BCUT2D eigenvalue weighted by molar-refractivity contribution is 7.92. The molecule has 0 aliphatic rings. The van der Waals surface area contributed by atoms with Gasteiger partial charge in [-0.2, -0.15) is 0 Å². The molecule has 3 rings (SSSR count). The summed E-state index contributed by atoms with van der Waals surface area (Å²) in [6.45, 7) is 10.1. The molecule has 8 heteroatoms. The number of carbonyl (C=O) groups excluding carboxylic acids is 2. The van der Waals surface area contributed by atoms with Crippen LogP contribution >= 0.6 is 0 Å². The summed E-state index contributed by atoms with van der Waals surface area (Å²) in [5.41, 5.74) is 4.02. The molecule has 0 fully saturated rings. The summed E-state index contributed by atoms with van der Waals surface area (Å²) < 4.78 is 26.6. The van der Waals surface area contributed by atoms with Crippen molar-refractivity contribution in [3.63, 3.8) is 0 Å². The van der Waals surface area contributed by atoms with Crippen molar-refractivity contribution in [1.82, 2.24) is 10.2 Å². The molecule has 2 amide bonds.